The fourth-order valence-corrected chi connectivity index (χ4v) is 5.09. The van der Waals surface area contributed by atoms with Crippen LogP contribution in [0.5, 0.6) is 5.75 Å². The molecular formula is C29H35FN4O8S. The second kappa shape index (κ2) is 16.1. The number of carbonyl (C=O) groups is 3. The molecule has 0 bridgehead atoms. The molecule has 2 aromatic carbocycles. The zero-order chi connectivity index (χ0) is 31.5. The highest BCUT2D eigenvalue weighted by molar-refractivity contribution is 7.99. The van der Waals surface area contributed by atoms with Gasteiger partial charge in [-0.1, -0.05) is 17.3 Å². The standard InChI is InChI=1S/C29H35FN4O8S/c1-16(40-3)27(33-25(36)12-20-11-19(7-10-24(20)41-4)29-31-17(2)34-42-29)28(39)32-22(13-26(37)38)23(35)15-43-14-18-5-8-21(30)9-6-18/h5-11,16,22,25,27,33,36H,12-15H2,1-4H3,(H,32,39)(H,37,38)/t16?,22-,25?,27-/m0/s1. The number of Topliss-reactive ketones (excluding diaryl/α,β-unsaturated/α-hetero) is 1. The number of methoxy groups -OCH3 is 2. The maximum Gasteiger partial charge on any atom is 0.305 e. The third-order valence-corrected chi connectivity index (χ3v) is 7.50. The number of nitrogens with zero attached hydrogens (tertiary/aromatic N) is 2. The van der Waals surface area contributed by atoms with E-state index in [4.69, 9.17) is 14.0 Å². The molecule has 4 N–H and O–H groups in total. The van der Waals surface area contributed by atoms with Gasteiger partial charge in [0.05, 0.1) is 31.4 Å². The van der Waals surface area contributed by atoms with Crippen molar-refractivity contribution in [1.29, 1.82) is 0 Å². The lowest BCUT2D eigenvalue weighted by Gasteiger charge is -2.28. The van der Waals surface area contributed by atoms with Gasteiger partial charge in [-0.05, 0) is 55.3 Å². The van der Waals surface area contributed by atoms with Crippen molar-refractivity contribution >= 4 is 29.4 Å². The molecule has 0 fully saturated rings. The van der Waals surface area contributed by atoms with Crippen molar-refractivity contribution in [2.24, 2.45) is 0 Å². The fraction of sp³-hybridized carbons (Fsp3) is 0.414. The molecule has 0 radical (unpaired) electrons. The van der Waals surface area contributed by atoms with Crippen LogP contribution in [-0.2, 0) is 31.3 Å². The summed E-state index contributed by atoms with van der Waals surface area (Å²) in [5.74, 6) is -1.31. The van der Waals surface area contributed by atoms with Gasteiger partial charge in [0.25, 0.3) is 5.89 Å². The first-order valence-electron chi connectivity index (χ1n) is 13.3. The molecule has 4 atom stereocenters. The van der Waals surface area contributed by atoms with E-state index in [2.05, 4.69) is 20.8 Å². The van der Waals surface area contributed by atoms with Gasteiger partial charge >= 0.3 is 5.97 Å². The molecule has 43 heavy (non-hydrogen) atoms. The molecule has 0 aliphatic carbocycles. The molecule has 0 aliphatic heterocycles. The molecule has 0 spiro atoms. The molecule has 14 heteroatoms. The molecule has 3 rings (SSSR count). The van der Waals surface area contributed by atoms with Gasteiger partial charge in [-0.15, -0.1) is 11.8 Å². The molecule has 1 amide bonds. The zero-order valence-corrected chi connectivity index (χ0v) is 25.0. The van der Waals surface area contributed by atoms with Gasteiger partial charge in [0.1, 0.15) is 23.8 Å². The quantitative estimate of drug-likeness (QED) is 0.163. The molecule has 1 heterocycles. The summed E-state index contributed by atoms with van der Waals surface area (Å²) >= 11 is 1.21. The average Bonchev–Trinajstić information content (AvgIpc) is 3.41. The number of ether oxygens (including phenoxy) is 2. The Morgan fingerprint density at radius 2 is 1.86 bits per heavy atom. The first-order chi connectivity index (χ1) is 20.5. The van der Waals surface area contributed by atoms with Crippen LogP contribution in [0.4, 0.5) is 4.39 Å². The monoisotopic (exact) mass is 618 g/mol. The number of carbonyl (C=O) groups excluding carboxylic acids is 2. The number of ketones is 1. The lowest BCUT2D eigenvalue weighted by atomic mass is 10.0. The molecule has 2 unspecified atom stereocenters. The van der Waals surface area contributed by atoms with Crippen molar-refractivity contribution in [3.63, 3.8) is 0 Å². The highest BCUT2D eigenvalue weighted by Crippen LogP contribution is 2.27. The van der Waals surface area contributed by atoms with Crippen LogP contribution in [0.3, 0.4) is 0 Å². The van der Waals surface area contributed by atoms with Crippen LogP contribution in [0.1, 0.15) is 30.3 Å². The maximum atomic E-state index is 13.3. The molecule has 12 nitrogen and oxygen atoms in total. The van der Waals surface area contributed by atoms with Crippen molar-refractivity contribution in [2.45, 2.75) is 56.9 Å². The minimum absolute atomic E-state index is 0.00184. The first-order valence-corrected chi connectivity index (χ1v) is 14.5. The number of nitrogens with one attached hydrogen (secondary N) is 2. The van der Waals surface area contributed by atoms with E-state index in [0.717, 1.165) is 5.56 Å². The number of aromatic nitrogens is 2. The van der Waals surface area contributed by atoms with Gasteiger partial charge in [0.2, 0.25) is 5.91 Å². The van der Waals surface area contributed by atoms with Crippen molar-refractivity contribution in [3.8, 4) is 17.2 Å². The average molecular weight is 619 g/mol. The highest BCUT2D eigenvalue weighted by atomic mass is 32.2. The Morgan fingerprint density at radius 1 is 1.14 bits per heavy atom. The number of aliphatic hydroxyl groups is 1. The van der Waals surface area contributed by atoms with Gasteiger partial charge < -0.3 is 29.5 Å². The Labute approximate surface area is 252 Å². The van der Waals surface area contributed by atoms with E-state index in [1.807, 2.05) is 0 Å². The maximum absolute atomic E-state index is 13.3. The number of halogens is 1. The highest BCUT2D eigenvalue weighted by Gasteiger charge is 2.32. The number of amides is 1. The summed E-state index contributed by atoms with van der Waals surface area (Å²) in [7, 11) is 2.86. The molecular weight excluding hydrogens is 583 g/mol. The van der Waals surface area contributed by atoms with Crippen molar-refractivity contribution < 1.29 is 43.0 Å². The van der Waals surface area contributed by atoms with E-state index in [1.165, 1.54) is 38.1 Å². The van der Waals surface area contributed by atoms with Crippen LogP contribution in [0.25, 0.3) is 11.5 Å². The largest absolute Gasteiger partial charge is 0.496 e. The molecule has 0 aliphatic rings. The van der Waals surface area contributed by atoms with E-state index in [0.29, 0.717) is 34.3 Å². The summed E-state index contributed by atoms with van der Waals surface area (Å²) in [6.07, 6.45) is -2.67. The molecule has 232 valence electrons. The van der Waals surface area contributed by atoms with Crippen molar-refractivity contribution in [1.82, 2.24) is 20.8 Å². The van der Waals surface area contributed by atoms with Crippen LogP contribution in [0.2, 0.25) is 0 Å². The number of aliphatic carboxylic acids is 1. The Hall–Kier alpha value is -3.85. The predicted molar refractivity (Wildman–Crippen MR) is 156 cm³/mol. The van der Waals surface area contributed by atoms with E-state index in [-0.39, 0.29) is 18.0 Å². The lowest BCUT2D eigenvalue weighted by molar-refractivity contribution is -0.140. The third-order valence-electron chi connectivity index (χ3n) is 6.47. The van der Waals surface area contributed by atoms with Crippen LogP contribution in [0, 0.1) is 12.7 Å². The van der Waals surface area contributed by atoms with Gasteiger partial charge in [0.15, 0.2) is 11.6 Å². The van der Waals surface area contributed by atoms with Gasteiger partial charge in [-0.25, -0.2) is 4.39 Å². The lowest BCUT2D eigenvalue weighted by Crippen LogP contribution is -2.57. The SMILES string of the molecule is COc1ccc(-c2nc(C)no2)cc1CC(O)N[C@H](C(=O)N[C@@H](CC(=O)O)C(=O)CSCc1ccc(F)cc1)C(C)OC. The molecule has 0 saturated carbocycles. The number of benzene rings is 2. The number of carboxylic acids is 1. The summed E-state index contributed by atoms with van der Waals surface area (Å²) in [4.78, 5) is 41.9. The Bertz CT molecular complexity index is 1390. The van der Waals surface area contributed by atoms with E-state index in [1.54, 1.807) is 44.2 Å². The summed E-state index contributed by atoms with van der Waals surface area (Å²) in [5.41, 5.74) is 1.98. The number of hydrogen-bond acceptors (Lipinski definition) is 11. The van der Waals surface area contributed by atoms with Gasteiger partial charge in [0, 0.05) is 24.8 Å². The Balaban J connectivity index is 1.68. The third kappa shape index (κ3) is 10.1. The first kappa shape index (κ1) is 33.6. The second-order valence-electron chi connectivity index (χ2n) is 9.72. The topological polar surface area (TPSA) is 173 Å². The number of aliphatic hydroxyl groups excluding tert-OH is 1. The number of rotatable bonds is 17. The number of hydrogen-bond donors (Lipinski definition) is 4. The molecule has 0 saturated heterocycles. The van der Waals surface area contributed by atoms with Gasteiger partial charge in [-0.2, -0.15) is 4.98 Å². The smallest absolute Gasteiger partial charge is 0.305 e. The fourth-order valence-electron chi connectivity index (χ4n) is 4.15. The van der Waals surface area contributed by atoms with Crippen LogP contribution in [-0.4, -0.2) is 82.4 Å². The molecule has 1 aromatic heterocycles. The minimum Gasteiger partial charge on any atom is -0.496 e. The van der Waals surface area contributed by atoms with E-state index in [9.17, 15) is 29.0 Å². The minimum atomic E-state index is -1.31. The van der Waals surface area contributed by atoms with Crippen molar-refractivity contribution in [3.05, 3.63) is 65.2 Å². The zero-order valence-electron chi connectivity index (χ0n) is 24.2. The Kier molecular flexibility index (Phi) is 12.6. The van der Waals surface area contributed by atoms with Crippen LogP contribution >= 0.6 is 11.8 Å². The number of thioether (sulfide) groups is 1. The second-order valence-corrected chi connectivity index (χ2v) is 10.7. The summed E-state index contributed by atoms with van der Waals surface area (Å²) < 4.78 is 29.1. The summed E-state index contributed by atoms with van der Waals surface area (Å²) in [5, 5.41) is 29.4. The van der Waals surface area contributed by atoms with Gasteiger partial charge in [-0.3, -0.25) is 19.7 Å². The Morgan fingerprint density at radius 3 is 2.47 bits per heavy atom. The number of carboxylic acid groups (broad SMARTS) is 1. The summed E-state index contributed by atoms with van der Waals surface area (Å²) in [6.45, 7) is 3.28. The normalized spacial score (nSPS) is 14.0. The molecule has 3 aromatic rings. The van der Waals surface area contributed by atoms with Crippen LogP contribution < -0.4 is 15.4 Å². The summed E-state index contributed by atoms with van der Waals surface area (Å²) in [6, 6.07) is 8.48. The van der Waals surface area contributed by atoms with Crippen molar-refractivity contribution in [2.75, 3.05) is 20.0 Å². The van der Waals surface area contributed by atoms with Crippen LogP contribution in [0.15, 0.2) is 47.0 Å². The van der Waals surface area contributed by atoms with E-state index < -0.39 is 48.5 Å². The number of aryl methyl sites for hydroxylation is 1. The van der Waals surface area contributed by atoms with E-state index >= 15 is 0 Å². The predicted octanol–water partition coefficient (Wildman–Crippen LogP) is 2.51.